The van der Waals surface area contributed by atoms with E-state index in [1.54, 1.807) is 48.5 Å². The first-order chi connectivity index (χ1) is 9.70. The Kier molecular flexibility index (Phi) is 2.88. The Morgan fingerprint density at radius 3 is 2.45 bits per heavy atom. The van der Waals surface area contributed by atoms with Gasteiger partial charge in [0.15, 0.2) is 6.29 Å². The third-order valence-electron chi connectivity index (χ3n) is 3.34. The number of carbonyl (C=O) groups is 1. The number of carbonyl (C=O) groups excluding carboxylic acids is 1. The first-order valence-electron chi connectivity index (χ1n) is 6.20. The predicted molar refractivity (Wildman–Crippen MR) is 78.1 cm³/mol. The van der Waals surface area contributed by atoms with E-state index in [-0.39, 0.29) is 11.5 Å². The molecule has 3 aromatic rings. The Labute approximate surface area is 115 Å². The summed E-state index contributed by atoms with van der Waals surface area (Å²) >= 11 is 0. The van der Waals surface area contributed by atoms with E-state index < -0.39 is 0 Å². The first-order valence-corrected chi connectivity index (χ1v) is 6.20. The zero-order valence-electron chi connectivity index (χ0n) is 10.6. The van der Waals surface area contributed by atoms with Gasteiger partial charge in [-0.05, 0) is 34.5 Å². The molecule has 98 valence electrons. The van der Waals surface area contributed by atoms with E-state index in [1.165, 1.54) is 0 Å². The highest BCUT2D eigenvalue weighted by Crippen LogP contribution is 2.38. The van der Waals surface area contributed by atoms with E-state index in [0.717, 1.165) is 11.7 Å². The van der Waals surface area contributed by atoms with Crippen molar-refractivity contribution in [3.8, 4) is 22.6 Å². The second-order valence-corrected chi connectivity index (χ2v) is 4.57. The maximum Gasteiger partial charge on any atom is 0.150 e. The lowest BCUT2D eigenvalue weighted by molar-refractivity contribution is 0.112. The van der Waals surface area contributed by atoms with Gasteiger partial charge in [-0.25, -0.2) is 0 Å². The largest absolute Gasteiger partial charge is 0.508 e. The maximum atomic E-state index is 11.2. The van der Waals surface area contributed by atoms with Crippen molar-refractivity contribution >= 4 is 17.1 Å². The van der Waals surface area contributed by atoms with Crippen LogP contribution in [0.3, 0.4) is 0 Å². The van der Waals surface area contributed by atoms with Gasteiger partial charge >= 0.3 is 0 Å². The zero-order valence-corrected chi connectivity index (χ0v) is 10.6. The molecular formula is C17H12O3. The van der Waals surface area contributed by atoms with Crippen molar-refractivity contribution in [1.82, 2.24) is 0 Å². The van der Waals surface area contributed by atoms with Crippen molar-refractivity contribution in [2.24, 2.45) is 0 Å². The predicted octanol–water partition coefficient (Wildman–Crippen LogP) is 3.73. The summed E-state index contributed by atoms with van der Waals surface area (Å²) in [4.78, 5) is 11.2. The van der Waals surface area contributed by atoms with E-state index in [2.05, 4.69) is 0 Å². The van der Waals surface area contributed by atoms with Crippen LogP contribution in [0.2, 0.25) is 0 Å². The summed E-state index contributed by atoms with van der Waals surface area (Å²) in [6.45, 7) is 0. The summed E-state index contributed by atoms with van der Waals surface area (Å²) in [6, 6.07) is 15.4. The summed E-state index contributed by atoms with van der Waals surface area (Å²) in [7, 11) is 0. The van der Waals surface area contributed by atoms with Gasteiger partial charge < -0.3 is 10.2 Å². The van der Waals surface area contributed by atoms with Gasteiger partial charge in [0, 0.05) is 11.1 Å². The maximum absolute atomic E-state index is 11.2. The van der Waals surface area contributed by atoms with Crippen molar-refractivity contribution in [3.63, 3.8) is 0 Å². The van der Waals surface area contributed by atoms with Crippen LogP contribution in [-0.2, 0) is 0 Å². The Bertz CT molecular complexity index is 801. The smallest absolute Gasteiger partial charge is 0.150 e. The number of hydrogen-bond donors (Lipinski definition) is 2. The van der Waals surface area contributed by atoms with Crippen molar-refractivity contribution < 1.29 is 15.0 Å². The molecule has 0 heterocycles. The molecule has 0 aliphatic rings. The molecule has 3 aromatic carbocycles. The fourth-order valence-corrected chi connectivity index (χ4v) is 2.41. The molecule has 0 unspecified atom stereocenters. The van der Waals surface area contributed by atoms with E-state index in [1.807, 2.05) is 6.07 Å². The molecule has 0 bridgehead atoms. The van der Waals surface area contributed by atoms with Crippen LogP contribution in [0.1, 0.15) is 10.4 Å². The van der Waals surface area contributed by atoms with Gasteiger partial charge in [-0.2, -0.15) is 0 Å². The lowest BCUT2D eigenvalue weighted by Gasteiger charge is -2.11. The topological polar surface area (TPSA) is 57.5 Å². The van der Waals surface area contributed by atoms with Crippen LogP contribution in [0.5, 0.6) is 11.5 Å². The fraction of sp³-hybridized carbons (Fsp3) is 0. The van der Waals surface area contributed by atoms with E-state index in [4.69, 9.17) is 0 Å². The Hall–Kier alpha value is -2.81. The standard InChI is InChI=1S/C17H12O3/c18-10-12-3-1-2-4-14(12)17-15-9-13(19)7-5-11(15)6-8-16(17)20/h1-10,19-20H. The van der Waals surface area contributed by atoms with E-state index in [9.17, 15) is 15.0 Å². The highest BCUT2D eigenvalue weighted by atomic mass is 16.3. The summed E-state index contributed by atoms with van der Waals surface area (Å²) < 4.78 is 0. The molecular weight excluding hydrogens is 252 g/mol. The van der Waals surface area contributed by atoms with Gasteiger partial charge in [0.1, 0.15) is 11.5 Å². The lowest BCUT2D eigenvalue weighted by atomic mass is 9.94. The van der Waals surface area contributed by atoms with Crippen LogP contribution in [0, 0.1) is 0 Å². The quantitative estimate of drug-likeness (QED) is 0.693. The van der Waals surface area contributed by atoms with Crippen LogP contribution in [0.4, 0.5) is 0 Å². The number of phenols is 2. The lowest BCUT2D eigenvalue weighted by Crippen LogP contribution is -1.89. The van der Waals surface area contributed by atoms with Crippen molar-refractivity contribution in [2.45, 2.75) is 0 Å². The number of rotatable bonds is 2. The fourth-order valence-electron chi connectivity index (χ4n) is 2.41. The molecule has 20 heavy (non-hydrogen) atoms. The van der Waals surface area contributed by atoms with Gasteiger partial charge in [0.05, 0.1) is 0 Å². The molecule has 0 spiro atoms. The van der Waals surface area contributed by atoms with Gasteiger partial charge in [0.2, 0.25) is 0 Å². The molecule has 0 atom stereocenters. The van der Waals surface area contributed by atoms with Crippen molar-refractivity contribution in [1.29, 1.82) is 0 Å². The summed E-state index contributed by atoms with van der Waals surface area (Å²) in [6.07, 6.45) is 0.760. The first kappa shape index (κ1) is 12.2. The number of benzene rings is 3. The Morgan fingerprint density at radius 1 is 0.900 bits per heavy atom. The van der Waals surface area contributed by atoms with Crippen molar-refractivity contribution in [2.75, 3.05) is 0 Å². The molecule has 0 radical (unpaired) electrons. The van der Waals surface area contributed by atoms with Crippen molar-refractivity contribution in [3.05, 3.63) is 60.2 Å². The Morgan fingerprint density at radius 2 is 1.65 bits per heavy atom. The van der Waals surface area contributed by atoms with E-state index >= 15 is 0 Å². The minimum atomic E-state index is 0.0809. The minimum absolute atomic E-state index is 0.0809. The number of phenolic OH excluding ortho intramolecular Hbond substituents is 2. The molecule has 3 heteroatoms. The molecule has 0 amide bonds. The van der Waals surface area contributed by atoms with Gasteiger partial charge in [-0.1, -0.05) is 36.4 Å². The van der Waals surface area contributed by atoms with Crippen LogP contribution in [0.15, 0.2) is 54.6 Å². The molecule has 0 fully saturated rings. The molecule has 0 aromatic heterocycles. The highest BCUT2D eigenvalue weighted by molar-refractivity contribution is 6.03. The molecule has 0 aliphatic heterocycles. The minimum Gasteiger partial charge on any atom is -0.508 e. The van der Waals surface area contributed by atoms with E-state index in [0.29, 0.717) is 22.1 Å². The van der Waals surface area contributed by atoms with Gasteiger partial charge in [0.25, 0.3) is 0 Å². The number of aromatic hydroxyl groups is 2. The zero-order chi connectivity index (χ0) is 14.1. The SMILES string of the molecule is O=Cc1ccccc1-c1c(O)ccc2ccc(O)cc12. The summed E-state index contributed by atoms with van der Waals surface area (Å²) in [5.41, 5.74) is 1.70. The average Bonchev–Trinajstić information content (AvgIpc) is 2.47. The average molecular weight is 264 g/mol. The molecule has 0 aliphatic carbocycles. The molecule has 2 N–H and O–H groups in total. The third-order valence-corrected chi connectivity index (χ3v) is 3.34. The second-order valence-electron chi connectivity index (χ2n) is 4.57. The third kappa shape index (κ3) is 1.89. The van der Waals surface area contributed by atoms with Crippen LogP contribution < -0.4 is 0 Å². The van der Waals surface area contributed by atoms with Crippen LogP contribution >= 0.6 is 0 Å². The highest BCUT2D eigenvalue weighted by Gasteiger charge is 2.13. The second kappa shape index (κ2) is 4.70. The molecule has 3 nitrogen and oxygen atoms in total. The monoisotopic (exact) mass is 264 g/mol. The molecule has 0 saturated carbocycles. The summed E-state index contributed by atoms with van der Waals surface area (Å²) in [5.74, 6) is 0.199. The number of fused-ring (bicyclic) bond motifs is 1. The normalized spacial score (nSPS) is 10.6. The molecule has 3 rings (SSSR count). The Balaban J connectivity index is 2.43. The van der Waals surface area contributed by atoms with Gasteiger partial charge in [-0.15, -0.1) is 0 Å². The number of hydrogen-bond acceptors (Lipinski definition) is 3. The van der Waals surface area contributed by atoms with Crippen LogP contribution in [-0.4, -0.2) is 16.5 Å². The molecule has 0 saturated heterocycles. The van der Waals surface area contributed by atoms with Gasteiger partial charge in [-0.3, -0.25) is 4.79 Å². The number of aldehydes is 1. The summed E-state index contributed by atoms with van der Waals surface area (Å²) in [5, 5.41) is 21.4. The van der Waals surface area contributed by atoms with Crippen LogP contribution in [0.25, 0.3) is 21.9 Å².